The first-order valence-corrected chi connectivity index (χ1v) is 7.22. The number of halogens is 2. The fourth-order valence-electron chi connectivity index (χ4n) is 1.79. The van der Waals surface area contributed by atoms with Crippen molar-refractivity contribution in [2.45, 2.75) is 0 Å². The Bertz CT molecular complexity index is 709. The number of para-hydroxylation sites is 1. The lowest BCUT2D eigenvalue weighted by Gasteiger charge is -2.18. The van der Waals surface area contributed by atoms with Crippen molar-refractivity contribution in [1.29, 1.82) is 5.26 Å². The molecule has 0 aromatic heterocycles. The summed E-state index contributed by atoms with van der Waals surface area (Å²) < 4.78 is 0.890. The molecule has 5 heteroatoms. The summed E-state index contributed by atoms with van der Waals surface area (Å²) in [5, 5.41) is 9.63. The summed E-state index contributed by atoms with van der Waals surface area (Å²) in [5.74, 6) is -0.203. The minimum atomic E-state index is -0.203. The molecule has 0 atom stereocenters. The van der Waals surface area contributed by atoms with Crippen LogP contribution in [-0.2, 0) is 0 Å². The molecular formula is C15H10ClIN2O. The monoisotopic (exact) mass is 396 g/mol. The van der Waals surface area contributed by atoms with Crippen LogP contribution in [0.15, 0.2) is 42.5 Å². The SMILES string of the molecule is CN(C(=O)c1ccc(I)c(Cl)c1)c1ccccc1C#N. The van der Waals surface area contributed by atoms with E-state index in [4.69, 9.17) is 16.9 Å². The third kappa shape index (κ3) is 2.94. The Balaban J connectivity index is 2.38. The highest BCUT2D eigenvalue weighted by Gasteiger charge is 2.16. The van der Waals surface area contributed by atoms with E-state index in [9.17, 15) is 4.79 Å². The molecule has 1 amide bonds. The summed E-state index contributed by atoms with van der Waals surface area (Å²) in [5.41, 5.74) is 1.53. The van der Waals surface area contributed by atoms with Gasteiger partial charge in [-0.25, -0.2) is 0 Å². The number of amides is 1. The molecule has 0 heterocycles. The molecule has 3 nitrogen and oxygen atoms in total. The van der Waals surface area contributed by atoms with Crippen LogP contribution < -0.4 is 4.90 Å². The fraction of sp³-hybridized carbons (Fsp3) is 0.0667. The minimum absolute atomic E-state index is 0.203. The first kappa shape index (κ1) is 14.8. The molecule has 0 aliphatic carbocycles. The van der Waals surface area contributed by atoms with E-state index >= 15 is 0 Å². The van der Waals surface area contributed by atoms with Crippen molar-refractivity contribution in [3.63, 3.8) is 0 Å². The van der Waals surface area contributed by atoms with Gasteiger partial charge in [-0.3, -0.25) is 4.79 Å². The van der Waals surface area contributed by atoms with Gasteiger partial charge in [-0.1, -0.05) is 23.7 Å². The van der Waals surface area contributed by atoms with Gasteiger partial charge in [0.05, 0.1) is 16.3 Å². The standard InChI is InChI=1S/C15H10ClIN2O/c1-19(14-5-3-2-4-11(14)9-18)15(20)10-6-7-13(17)12(16)8-10/h2-8H,1H3. The Labute approximate surface area is 135 Å². The van der Waals surface area contributed by atoms with Crippen molar-refractivity contribution in [2.24, 2.45) is 0 Å². The van der Waals surface area contributed by atoms with Gasteiger partial charge in [-0.15, -0.1) is 0 Å². The second-order valence-electron chi connectivity index (χ2n) is 4.12. The summed E-state index contributed by atoms with van der Waals surface area (Å²) in [7, 11) is 1.64. The van der Waals surface area contributed by atoms with Crippen LogP contribution in [0.3, 0.4) is 0 Å². The van der Waals surface area contributed by atoms with Crippen LogP contribution in [0.5, 0.6) is 0 Å². The second-order valence-corrected chi connectivity index (χ2v) is 5.69. The lowest BCUT2D eigenvalue weighted by atomic mass is 10.1. The van der Waals surface area contributed by atoms with Gasteiger partial charge in [-0.2, -0.15) is 5.26 Å². The first-order chi connectivity index (χ1) is 9.54. The normalized spacial score (nSPS) is 9.90. The fourth-order valence-corrected chi connectivity index (χ4v) is 2.31. The Hall–Kier alpha value is -1.58. The third-order valence-corrected chi connectivity index (χ3v) is 4.43. The number of carbonyl (C=O) groups is 1. The van der Waals surface area contributed by atoms with Gasteiger partial charge in [0.25, 0.3) is 5.91 Å². The summed E-state index contributed by atoms with van der Waals surface area (Å²) in [6, 6.07) is 14.2. The predicted octanol–water partition coefficient (Wildman–Crippen LogP) is 4.09. The predicted molar refractivity (Wildman–Crippen MR) is 88.1 cm³/mol. The highest BCUT2D eigenvalue weighted by Crippen LogP contribution is 2.23. The Morgan fingerprint density at radius 2 is 2.00 bits per heavy atom. The van der Waals surface area contributed by atoms with Gasteiger partial charge in [0.15, 0.2) is 0 Å². The molecule has 0 fully saturated rings. The van der Waals surface area contributed by atoms with Gasteiger partial charge >= 0.3 is 0 Å². The Kier molecular flexibility index (Phi) is 4.63. The highest BCUT2D eigenvalue weighted by atomic mass is 127. The van der Waals surface area contributed by atoms with E-state index in [1.165, 1.54) is 4.90 Å². The zero-order valence-corrected chi connectivity index (χ0v) is 13.5. The van der Waals surface area contributed by atoms with Crippen molar-refractivity contribution in [3.8, 4) is 6.07 Å². The number of rotatable bonds is 2. The molecule has 20 heavy (non-hydrogen) atoms. The number of nitriles is 1. The van der Waals surface area contributed by atoms with E-state index in [-0.39, 0.29) is 5.91 Å². The van der Waals surface area contributed by atoms with E-state index in [0.29, 0.717) is 21.8 Å². The van der Waals surface area contributed by atoms with Gasteiger partial charge in [0.1, 0.15) is 6.07 Å². The maximum atomic E-state index is 12.4. The molecule has 0 aliphatic rings. The lowest BCUT2D eigenvalue weighted by molar-refractivity contribution is 0.0993. The van der Waals surface area contributed by atoms with Crippen LogP contribution in [0, 0.1) is 14.9 Å². The molecule has 0 saturated heterocycles. The Morgan fingerprint density at radius 3 is 2.65 bits per heavy atom. The zero-order chi connectivity index (χ0) is 14.7. The van der Waals surface area contributed by atoms with Crippen LogP contribution in [0.1, 0.15) is 15.9 Å². The average Bonchev–Trinajstić information content (AvgIpc) is 2.48. The average molecular weight is 397 g/mol. The zero-order valence-electron chi connectivity index (χ0n) is 10.6. The second kappa shape index (κ2) is 6.25. The number of benzene rings is 2. The Morgan fingerprint density at radius 1 is 1.30 bits per heavy atom. The molecule has 0 spiro atoms. The molecule has 100 valence electrons. The van der Waals surface area contributed by atoms with E-state index < -0.39 is 0 Å². The van der Waals surface area contributed by atoms with Crippen LogP contribution in [0.2, 0.25) is 5.02 Å². The van der Waals surface area contributed by atoms with Crippen LogP contribution >= 0.6 is 34.2 Å². The minimum Gasteiger partial charge on any atom is -0.310 e. The van der Waals surface area contributed by atoms with Crippen LogP contribution in [0.25, 0.3) is 0 Å². The quantitative estimate of drug-likeness (QED) is 0.718. The maximum absolute atomic E-state index is 12.4. The van der Waals surface area contributed by atoms with Crippen molar-refractivity contribution < 1.29 is 4.79 Å². The number of nitrogens with zero attached hydrogens (tertiary/aromatic N) is 2. The molecule has 0 aliphatic heterocycles. The van der Waals surface area contributed by atoms with Gasteiger partial charge in [0.2, 0.25) is 0 Å². The summed E-state index contributed by atoms with van der Waals surface area (Å²) in [4.78, 5) is 13.9. The van der Waals surface area contributed by atoms with E-state index in [2.05, 4.69) is 28.7 Å². The summed E-state index contributed by atoms with van der Waals surface area (Å²) in [6.45, 7) is 0. The largest absolute Gasteiger partial charge is 0.310 e. The molecule has 0 unspecified atom stereocenters. The molecule has 2 rings (SSSR count). The van der Waals surface area contributed by atoms with E-state index in [1.54, 1.807) is 49.5 Å². The van der Waals surface area contributed by atoms with Gasteiger partial charge in [0, 0.05) is 16.2 Å². The molecule has 2 aromatic rings. The van der Waals surface area contributed by atoms with Crippen molar-refractivity contribution >= 4 is 45.8 Å². The number of hydrogen-bond donors (Lipinski definition) is 0. The van der Waals surface area contributed by atoms with Gasteiger partial charge < -0.3 is 4.90 Å². The van der Waals surface area contributed by atoms with Crippen LogP contribution in [0.4, 0.5) is 5.69 Å². The molecule has 2 aromatic carbocycles. The maximum Gasteiger partial charge on any atom is 0.258 e. The highest BCUT2D eigenvalue weighted by molar-refractivity contribution is 14.1. The molecule has 0 bridgehead atoms. The topological polar surface area (TPSA) is 44.1 Å². The van der Waals surface area contributed by atoms with E-state index in [0.717, 1.165) is 3.57 Å². The summed E-state index contributed by atoms with van der Waals surface area (Å²) in [6.07, 6.45) is 0. The number of anilines is 1. The molecule has 0 radical (unpaired) electrons. The molecular weight excluding hydrogens is 387 g/mol. The van der Waals surface area contributed by atoms with Gasteiger partial charge in [-0.05, 0) is 52.9 Å². The van der Waals surface area contributed by atoms with E-state index in [1.807, 2.05) is 0 Å². The molecule has 0 N–H and O–H groups in total. The summed E-state index contributed by atoms with van der Waals surface area (Å²) >= 11 is 8.14. The van der Waals surface area contributed by atoms with Crippen LogP contribution in [-0.4, -0.2) is 13.0 Å². The number of carbonyl (C=O) groups excluding carboxylic acids is 1. The smallest absolute Gasteiger partial charge is 0.258 e. The first-order valence-electron chi connectivity index (χ1n) is 5.77. The van der Waals surface area contributed by atoms with Crippen molar-refractivity contribution in [3.05, 3.63) is 62.2 Å². The van der Waals surface area contributed by atoms with Crippen molar-refractivity contribution in [2.75, 3.05) is 11.9 Å². The van der Waals surface area contributed by atoms with Crippen molar-refractivity contribution in [1.82, 2.24) is 0 Å². The lowest BCUT2D eigenvalue weighted by Crippen LogP contribution is -2.27. The number of hydrogen-bond acceptors (Lipinski definition) is 2. The molecule has 0 saturated carbocycles. The third-order valence-electron chi connectivity index (χ3n) is 2.86.